The molecule has 2 aromatic carbocycles. The van der Waals surface area contributed by atoms with E-state index in [0.29, 0.717) is 137 Å². The Morgan fingerprint density at radius 3 is 1.31 bits per heavy atom. The summed E-state index contributed by atoms with van der Waals surface area (Å²) in [5.41, 5.74) is 2.08. The lowest BCUT2D eigenvalue weighted by molar-refractivity contribution is 0.0281. The first-order valence-corrected chi connectivity index (χ1v) is 20.9. The van der Waals surface area contributed by atoms with E-state index >= 15 is 0 Å². The maximum absolute atomic E-state index is 14.0. The summed E-state index contributed by atoms with van der Waals surface area (Å²) in [6.07, 6.45) is -5.48. The molecule has 16 nitrogen and oxygen atoms in total. The van der Waals surface area contributed by atoms with Crippen molar-refractivity contribution in [2.75, 3.05) is 112 Å². The molecular weight excluding hydrogens is 813 g/mol. The SMILES string of the molecule is C[C@@H]1OCCN(c2cc(N3CCOCC3)nc(-n3c(C(F)F)nc4ccccc43)n2)[C@@H]1C.FC(F)c1nc2ccccc2n1-c1nc(N2CCOCC2)cc(N2CCOCC2)n1. The highest BCUT2D eigenvalue weighted by Gasteiger charge is 2.30. The zero-order valence-corrected chi connectivity index (χ0v) is 34.5. The van der Waals surface area contributed by atoms with Crippen molar-refractivity contribution in [1.29, 1.82) is 0 Å². The van der Waals surface area contributed by atoms with Crippen molar-refractivity contribution in [2.45, 2.75) is 38.8 Å². The number of hydrogen-bond donors (Lipinski definition) is 0. The molecule has 4 saturated heterocycles. The molecular formula is C42H48F4N12O4. The van der Waals surface area contributed by atoms with Crippen molar-refractivity contribution < 1.29 is 36.5 Å². The average Bonchev–Trinajstić information content (AvgIpc) is 3.91. The molecule has 4 aromatic heterocycles. The normalized spacial score (nSPS) is 20.1. The Balaban J connectivity index is 0.000000158. The standard InChI is InChI=1S/C22H26F2N6O2.C20H22F2N6O2/c1-14-15(2)32-12-9-29(14)19-13-18(28-7-10-31-11-8-28)26-22(27-19)30-17-6-4-3-5-16(17)25-21(30)20(23)24;21-18(22)19-23-14-3-1-2-4-15(14)28(19)20-24-16(26-5-9-29-10-6-26)13-17(25-20)27-7-11-30-12-8-27/h3-6,13-15,20H,7-12H2,1-2H3;1-4,13,18H,5-12H2/t14-,15+;/m1./s1. The molecule has 6 aromatic rings. The predicted molar refractivity (Wildman–Crippen MR) is 225 cm³/mol. The van der Waals surface area contributed by atoms with Crippen LogP contribution >= 0.6 is 0 Å². The van der Waals surface area contributed by atoms with Gasteiger partial charge in [0.15, 0.2) is 11.6 Å². The summed E-state index contributed by atoms with van der Waals surface area (Å²) >= 11 is 0. The van der Waals surface area contributed by atoms with E-state index in [9.17, 15) is 17.6 Å². The lowest BCUT2D eigenvalue weighted by Crippen LogP contribution is -2.49. The zero-order chi connectivity index (χ0) is 42.7. The minimum Gasteiger partial charge on any atom is -0.378 e. The summed E-state index contributed by atoms with van der Waals surface area (Å²) in [5.74, 6) is 2.45. The van der Waals surface area contributed by atoms with Gasteiger partial charge in [0.2, 0.25) is 11.9 Å². The van der Waals surface area contributed by atoms with Crippen molar-refractivity contribution in [1.82, 2.24) is 39.0 Å². The van der Waals surface area contributed by atoms with Crippen molar-refractivity contribution in [3.05, 3.63) is 72.3 Å². The van der Waals surface area contributed by atoms with Crippen LogP contribution in [0.25, 0.3) is 34.0 Å². The van der Waals surface area contributed by atoms with E-state index in [1.54, 1.807) is 48.5 Å². The third-order valence-electron chi connectivity index (χ3n) is 11.5. The first-order chi connectivity index (χ1) is 30.2. The third-order valence-corrected chi connectivity index (χ3v) is 11.5. The summed E-state index contributed by atoms with van der Waals surface area (Å²) in [4.78, 5) is 35.6. The Morgan fingerprint density at radius 2 is 0.887 bits per heavy atom. The first kappa shape index (κ1) is 41.6. The van der Waals surface area contributed by atoms with E-state index in [1.807, 2.05) is 19.1 Å². The van der Waals surface area contributed by atoms with E-state index in [-0.39, 0.29) is 35.7 Å². The highest BCUT2D eigenvalue weighted by atomic mass is 19.3. The number of hydrogen-bond acceptors (Lipinski definition) is 14. The van der Waals surface area contributed by atoms with Crippen LogP contribution in [0.2, 0.25) is 0 Å². The van der Waals surface area contributed by atoms with Gasteiger partial charge in [-0.3, -0.25) is 9.13 Å². The van der Waals surface area contributed by atoms with Gasteiger partial charge in [0.1, 0.15) is 23.3 Å². The number of ether oxygens (including phenoxy) is 4. The number of fused-ring (bicyclic) bond motifs is 2. The van der Waals surface area contributed by atoms with E-state index in [0.717, 1.165) is 0 Å². The number of rotatable bonds is 8. The van der Waals surface area contributed by atoms with Gasteiger partial charge in [-0.05, 0) is 38.1 Å². The van der Waals surface area contributed by atoms with E-state index in [4.69, 9.17) is 28.9 Å². The van der Waals surface area contributed by atoms with Crippen LogP contribution in [0.5, 0.6) is 0 Å². The molecule has 8 heterocycles. The fourth-order valence-electron chi connectivity index (χ4n) is 8.09. The number of morpholine rings is 4. The van der Waals surface area contributed by atoms with Crippen molar-refractivity contribution in [2.24, 2.45) is 0 Å². The molecule has 0 N–H and O–H groups in total. The molecule has 4 aliphatic heterocycles. The van der Waals surface area contributed by atoms with Crippen molar-refractivity contribution >= 4 is 45.3 Å². The van der Waals surface area contributed by atoms with Gasteiger partial charge in [-0.25, -0.2) is 27.5 Å². The van der Waals surface area contributed by atoms with Crippen LogP contribution in [-0.4, -0.2) is 143 Å². The van der Waals surface area contributed by atoms with E-state index < -0.39 is 12.9 Å². The second kappa shape index (κ2) is 18.3. The summed E-state index contributed by atoms with van der Waals surface area (Å²) < 4.78 is 80.6. The Labute approximate surface area is 355 Å². The molecule has 2 atom stereocenters. The molecule has 4 aliphatic rings. The second-order valence-corrected chi connectivity index (χ2v) is 15.3. The van der Waals surface area contributed by atoms with Crippen LogP contribution in [0.1, 0.15) is 38.3 Å². The molecule has 0 saturated carbocycles. The van der Waals surface area contributed by atoms with Gasteiger partial charge >= 0.3 is 0 Å². The minimum absolute atomic E-state index is 0.0275. The Kier molecular flexibility index (Phi) is 12.3. The van der Waals surface area contributed by atoms with Gasteiger partial charge in [0, 0.05) is 57.9 Å². The Morgan fingerprint density at radius 1 is 0.500 bits per heavy atom. The fourth-order valence-corrected chi connectivity index (χ4v) is 8.09. The lowest BCUT2D eigenvalue weighted by Gasteiger charge is -2.39. The molecule has 0 bridgehead atoms. The number of aromatic nitrogens is 8. The van der Waals surface area contributed by atoms with Crippen LogP contribution in [-0.2, 0) is 18.9 Å². The van der Waals surface area contributed by atoms with Gasteiger partial charge in [-0.2, -0.15) is 19.9 Å². The number of nitrogens with zero attached hydrogens (tertiary/aromatic N) is 12. The summed E-state index contributed by atoms with van der Waals surface area (Å²) in [6, 6.07) is 18.0. The van der Waals surface area contributed by atoms with Crippen LogP contribution in [0.4, 0.5) is 40.8 Å². The highest BCUT2D eigenvalue weighted by Crippen LogP contribution is 2.32. The summed E-state index contributed by atoms with van der Waals surface area (Å²) in [5, 5.41) is 0. The molecule has 328 valence electrons. The molecule has 0 unspecified atom stereocenters. The molecule has 20 heteroatoms. The molecule has 0 amide bonds. The molecule has 62 heavy (non-hydrogen) atoms. The van der Waals surface area contributed by atoms with E-state index in [2.05, 4.69) is 46.5 Å². The van der Waals surface area contributed by atoms with Crippen molar-refractivity contribution in [3.8, 4) is 11.9 Å². The second-order valence-electron chi connectivity index (χ2n) is 15.3. The van der Waals surface area contributed by atoms with Crippen LogP contribution in [0, 0.1) is 0 Å². The minimum atomic E-state index is -2.76. The zero-order valence-electron chi connectivity index (χ0n) is 34.5. The topological polar surface area (TPSA) is 137 Å². The lowest BCUT2D eigenvalue weighted by atomic mass is 10.1. The predicted octanol–water partition coefficient (Wildman–Crippen LogP) is 5.63. The van der Waals surface area contributed by atoms with E-state index in [1.165, 1.54) is 9.13 Å². The number of para-hydroxylation sites is 4. The maximum Gasteiger partial charge on any atom is 0.296 e. The number of alkyl halides is 4. The van der Waals surface area contributed by atoms with Gasteiger partial charge in [0.25, 0.3) is 12.9 Å². The highest BCUT2D eigenvalue weighted by molar-refractivity contribution is 5.79. The monoisotopic (exact) mass is 860 g/mol. The molecule has 0 aliphatic carbocycles. The summed E-state index contributed by atoms with van der Waals surface area (Å²) in [6.45, 7) is 13.0. The van der Waals surface area contributed by atoms with Gasteiger partial charge in [0.05, 0.1) is 80.5 Å². The number of halogens is 4. The Hall–Kier alpha value is -5.70. The molecule has 0 radical (unpaired) electrons. The third kappa shape index (κ3) is 8.55. The fraction of sp³-hybridized carbons (Fsp3) is 0.476. The summed E-state index contributed by atoms with van der Waals surface area (Å²) in [7, 11) is 0. The largest absolute Gasteiger partial charge is 0.378 e. The van der Waals surface area contributed by atoms with Crippen LogP contribution in [0.15, 0.2) is 60.7 Å². The van der Waals surface area contributed by atoms with Gasteiger partial charge in [-0.15, -0.1) is 0 Å². The first-order valence-electron chi connectivity index (χ1n) is 20.9. The number of imidazole rings is 2. The molecule has 10 rings (SSSR count). The van der Waals surface area contributed by atoms with Crippen LogP contribution in [0.3, 0.4) is 0 Å². The Bertz CT molecular complexity index is 2440. The van der Waals surface area contributed by atoms with Crippen LogP contribution < -0.4 is 19.6 Å². The quantitative estimate of drug-likeness (QED) is 0.175. The van der Waals surface area contributed by atoms with Gasteiger partial charge < -0.3 is 38.5 Å². The molecule has 0 spiro atoms. The number of anilines is 4. The van der Waals surface area contributed by atoms with Gasteiger partial charge in [-0.1, -0.05) is 24.3 Å². The van der Waals surface area contributed by atoms with Crippen molar-refractivity contribution in [3.63, 3.8) is 0 Å². The average molecular weight is 861 g/mol. The number of benzene rings is 2. The smallest absolute Gasteiger partial charge is 0.296 e. The maximum atomic E-state index is 14.0. The molecule has 4 fully saturated rings.